The number of benzene rings is 1. The van der Waals surface area contributed by atoms with Crippen LogP contribution in [-0.4, -0.2) is 44.8 Å². The Morgan fingerprint density at radius 1 is 0.500 bits per heavy atom. The van der Waals surface area contributed by atoms with Crippen LogP contribution in [0.4, 0.5) is 0 Å². The molecule has 0 atom stereocenters. The van der Waals surface area contributed by atoms with Crippen LogP contribution in [0.3, 0.4) is 0 Å². The van der Waals surface area contributed by atoms with Crippen LogP contribution < -0.4 is 5.63 Å². The van der Waals surface area contributed by atoms with Gasteiger partial charge in [0.25, 0.3) is 0 Å². The van der Waals surface area contributed by atoms with E-state index in [0.29, 0.717) is 39.3 Å². The maximum absolute atomic E-state index is 14.3. The van der Waals surface area contributed by atoms with Crippen LogP contribution in [-0.2, 0) is 9.13 Å². The number of rotatable bonds is 8. The van der Waals surface area contributed by atoms with E-state index in [1.165, 1.54) is 217 Å². The van der Waals surface area contributed by atoms with Crippen molar-refractivity contribution in [2.45, 2.75) is 227 Å². The maximum Gasteiger partial charge on any atom is 0.351 e. The smallest absolute Gasteiger partial charge is 0.351 e. The zero-order valence-electron chi connectivity index (χ0n) is 36.4. The van der Waals surface area contributed by atoms with Crippen LogP contribution in [0.2, 0.25) is 0 Å². The van der Waals surface area contributed by atoms with Crippen molar-refractivity contribution >= 4 is 31.0 Å². The molecule has 60 heavy (non-hydrogen) atoms. The zero-order valence-corrected chi connectivity index (χ0v) is 40.6. The molecule has 1 aromatic carbocycles. The number of ketones is 1. The number of aromatic hydroxyl groups is 1. The van der Waals surface area contributed by atoms with Gasteiger partial charge in [0.15, 0.2) is 11.3 Å². The van der Waals surface area contributed by atoms with E-state index in [1.54, 1.807) is 18.2 Å². The van der Waals surface area contributed by atoms with E-state index in [2.05, 4.69) is 0 Å². The molecule has 333 valence electrons. The van der Waals surface area contributed by atoms with Gasteiger partial charge in [0.05, 0.1) is 25.9 Å². The summed E-state index contributed by atoms with van der Waals surface area (Å²) in [5.74, 6) is -1.13. The van der Waals surface area contributed by atoms with E-state index >= 15 is 0 Å². The molecule has 7 nitrogen and oxygen atoms in total. The van der Waals surface area contributed by atoms with Gasteiger partial charge in [0, 0.05) is 83.3 Å². The zero-order chi connectivity index (χ0) is 41.1. The molecule has 10 heteroatoms. The summed E-state index contributed by atoms with van der Waals surface area (Å²) < 4.78 is 38.5. The third-order valence-corrected chi connectivity index (χ3v) is 25.6. The van der Waals surface area contributed by atoms with E-state index in [1.807, 2.05) is 0 Å². The predicted molar refractivity (Wildman–Crippen MR) is 243 cm³/mol. The maximum atomic E-state index is 14.3. The number of furan rings is 1. The van der Waals surface area contributed by atoms with E-state index in [-0.39, 0.29) is 60.7 Å². The van der Waals surface area contributed by atoms with Crippen LogP contribution in [0.5, 0.6) is 5.75 Å². The Labute approximate surface area is 401 Å². The Hall–Kier alpha value is -0.776. The van der Waals surface area contributed by atoms with E-state index in [0.717, 1.165) is 0 Å². The molecule has 6 saturated carbocycles. The summed E-state index contributed by atoms with van der Waals surface area (Å²) in [4.78, 5) is 23.9. The number of carbonyl (C=O) groups is 1. The van der Waals surface area contributed by atoms with Crippen LogP contribution in [0, 0.1) is 49.4 Å². The molecule has 2 heterocycles. The van der Waals surface area contributed by atoms with E-state index < -0.39 is 37.0 Å². The van der Waals surface area contributed by atoms with Gasteiger partial charge in [-0.25, -0.2) is 4.79 Å². The van der Waals surface area contributed by atoms with Crippen molar-refractivity contribution in [2.75, 3.05) is 0 Å². The second-order valence-corrected chi connectivity index (χ2v) is 26.6. The van der Waals surface area contributed by atoms with Crippen molar-refractivity contribution < 1.29 is 77.2 Å². The van der Waals surface area contributed by atoms with Gasteiger partial charge in [-0.05, 0) is 101 Å². The number of hydrogen-bond acceptors (Lipinski definition) is 7. The van der Waals surface area contributed by atoms with Gasteiger partial charge in [0.2, 0.25) is 5.78 Å². The average Bonchev–Trinajstić information content (AvgIpc) is 3.86. The monoisotopic (exact) mass is 1000 g/mol. The van der Waals surface area contributed by atoms with Crippen molar-refractivity contribution in [1.82, 2.24) is 0 Å². The SMILES string of the molecule is O=C(c1ccco1)c1c(O)c2ccccc2oc1=O.O=P(C1CCCCC1)(C1CCCCC1)C1CCCCC1.O=P(C1CCCCC1)(C1CCCCC1)C1CCCCC1.[Eu]. The fraction of sp³-hybridized carbons (Fsp3) is 0.720. The molecule has 0 unspecified atom stereocenters. The molecule has 9 rings (SSSR count). The Bertz CT molecular complexity index is 1730. The van der Waals surface area contributed by atoms with Crippen LogP contribution in [0.15, 0.2) is 56.3 Å². The average molecular weight is 1000 g/mol. The Balaban J connectivity index is 0.000000150. The topological polar surface area (TPSA) is 115 Å². The van der Waals surface area contributed by atoms with Crippen molar-refractivity contribution in [3.63, 3.8) is 0 Å². The Kier molecular flexibility index (Phi) is 19.4. The normalized spacial score (nSPS) is 22.5. The second kappa shape index (κ2) is 23.9. The van der Waals surface area contributed by atoms with Crippen LogP contribution in [0.1, 0.15) is 209 Å². The molecular formula is C50H74EuO7P2. The molecule has 0 spiro atoms. The number of fused-ring (bicyclic) bond motifs is 1. The summed E-state index contributed by atoms with van der Waals surface area (Å²) in [5, 5.41) is 10.4. The van der Waals surface area contributed by atoms with Gasteiger partial charge >= 0.3 is 5.63 Å². The van der Waals surface area contributed by atoms with Crippen LogP contribution >= 0.6 is 14.3 Å². The molecule has 1 N–H and O–H groups in total. The van der Waals surface area contributed by atoms with Gasteiger partial charge in [-0.2, -0.15) is 0 Å². The van der Waals surface area contributed by atoms with Crippen molar-refractivity contribution in [3.8, 4) is 5.75 Å². The summed E-state index contributed by atoms with van der Waals surface area (Å²) in [5.41, 5.74) is 2.67. The fourth-order valence-corrected chi connectivity index (χ4v) is 23.2. The number of para-hydroxylation sites is 1. The minimum atomic E-state index is -1.95. The molecular weight excluding hydrogens is 926 g/mol. The first kappa shape index (κ1) is 48.7. The summed E-state index contributed by atoms with van der Waals surface area (Å²) in [7, 11) is -3.89. The predicted octanol–water partition coefficient (Wildman–Crippen LogP) is 15.0. The van der Waals surface area contributed by atoms with Crippen molar-refractivity contribution in [1.29, 1.82) is 0 Å². The summed E-state index contributed by atoms with van der Waals surface area (Å²) >= 11 is 0. The molecule has 2 aromatic heterocycles. The standard InChI is InChI=1S/2C18H33OP.C14H8O5.Eu/c2*19-20(16-10-4-1-5-11-16,17-12-6-2-7-13-17)18-14-8-3-9-15-18;15-12-8-4-1-2-5-9(8)19-14(17)11(12)13(16)10-6-3-7-18-10;/h2*16-18H,1-15H2;1-7,15H;. The first-order chi connectivity index (χ1) is 28.8. The summed E-state index contributed by atoms with van der Waals surface area (Å²) in [6, 6.07) is 9.37. The summed E-state index contributed by atoms with van der Waals surface area (Å²) in [6.07, 6.45) is 41.5. The molecule has 3 aromatic rings. The number of hydrogen-bond donors (Lipinski definition) is 1. The fourth-order valence-electron chi connectivity index (χ4n) is 12.6. The number of carbonyl (C=O) groups excluding carboxylic acids is 1. The van der Waals surface area contributed by atoms with Gasteiger partial charge in [-0.15, -0.1) is 0 Å². The first-order valence-electron chi connectivity index (χ1n) is 24.3. The molecule has 6 aliphatic carbocycles. The van der Waals surface area contributed by atoms with Gasteiger partial charge in [-0.3, -0.25) is 4.79 Å². The minimum absolute atomic E-state index is 0. The second-order valence-electron chi connectivity index (χ2n) is 19.2. The molecule has 0 bridgehead atoms. The van der Waals surface area contributed by atoms with Crippen LogP contribution in [0.25, 0.3) is 11.0 Å². The molecule has 1 radical (unpaired) electrons. The van der Waals surface area contributed by atoms with E-state index in [4.69, 9.17) is 8.83 Å². The molecule has 6 aliphatic rings. The van der Waals surface area contributed by atoms with E-state index in [9.17, 15) is 23.8 Å². The first-order valence-corrected chi connectivity index (χ1v) is 28.2. The van der Waals surface area contributed by atoms with Crippen molar-refractivity contribution in [2.24, 2.45) is 0 Å². The third kappa shape index (κ3) is 11.5. The molecule has 0 amide bonds. The largest absolute Gasteiger partial charge is 0.506 e. The summed E-state index contributed by atoms with van der Waals surface area (Å²) in [6.45, 7) is 0. The Morgan fingerprint density at radius 2 is 0.833 bits per heavy atom. The van der Waals surface area contributed by atoms with Crippen molar-refractivity contribution in [3.05, 3.63) is 64.4 Å². The Morgan fingerprint density at radius 3 is 1.15 bits per heavy atom. The van der Waals surface area contributed by atoms with Gasteiger partial charge in [-0.1, -0.05) is 128 Å². The van der Waals surface area contributed by atoms with Gasteiger partial charge in [0.1, 0.15) is 11.3 Å². The van der Waals surface area contributed by atoms with Gasteiger partial charge < -0.3 is 23.1 Å². The minimum Gasteiger partial charge on any atom is -0.506 e. The third-order valence-electron chi connectivity index (χ3n) is 15.6. The molecule has 0 saturated heterocycles. The molecule has 6 fully saturated rings. The molecule has 0 aliphatic heterocycles. The quantitative estimate of drug-likeness (QED) is 0.136.